The molecule has 2 heteroatoms. The van der Waals surface area contributed by atoms with Gasteiger partial charge in [-0.2, -0.15) is 0 Å². The second kappa shape index (κ2) is 4.56. The fraction of sp³-hybridized carbons (Fsp3) is 0.500. The molecule has 0 atom stereocenters. The average Bonchev–Trinajstić information content (AvgIpc) is 2.96. The molecule has 1 aliphatic rings. The third-order valence-electron chi connectivity index (χ3n) is 2.64. The summed E-state index contributed by atoms with van der Waals surface area (Å²) >= 11 is 0. The molecule has 0 heterocycles. The van der Waals surface area contributed by atoms with Crippen molar-refractivity contribution in [2.24, 2.45) is 5.92 Å². The van der Waals surface area contributed by atoms with Crippen molar-refractivity contribution in [3.8, 4) is 0 Å². The Balaban J connectivity index is 1.68. The van der Waals surface area contributed by atoms with Crippen LogP contribution in [0.5, 0.6) is 0 Å². The Hall–Kier alpha value is -0.890. The van der Waals surface area contributed by atoms with E-state index in [0.29, 0.717) is 0 Å². The van der Waals surface area contributed by atoms with E-state index in [1.165, 1.54) is 25.3 Å². The second-order valence-corrected chi connectivity index (χ2v) is 4.04. The molecule has 0 amide bonds. The van der Waals surface area contributed by atoms with Crippen LogP contribution in [-0.4, -0.2) is 6.54 Å². The van der Waals surface area contributed by atoms with Crippen LogP contribution >= 0.6 is 0 Å². The van der Waals surface area contributed by atoms with Crippen molar-refractivity contribution in [3.05, 3.63) is 35.6 Å². The minimum atomic E-state index is -0.147. The molecule has 1 aliphatic carbocycles. The van der Waals surface area contributed by atoms with Crippen LogP contribution in [0.4, 0.5) is 4.39 Å². The zero-order chi connectivity index (χ0) is 9.80. The highest BCUT2D eigenvalue weighted by atomic mass is 19.1. The van der Waals surface area contributed by atoms with Gasteiger partial charge in [0.1, 0.15) is 5.82 Å². The van der Waals surface area contributed by atoms with Gasteiger partial charge in [0, 0.05) is 6.54 Å². The Kier molecular flexibility index (Phi) is 3.14. The lowest BCUT2D eigenvalue weighted by atomic mass is 10.2. The van der Waals surface area contributed by atoms with E-state index in [0.717, 1.165) is 24.6 Å². The van der Waals surface area contributed by atoms with E-state index in [1.54, 1.807) is 12.1 Å². The lowest BCUT2D eigenvalue weighted by Crippen LogP contribution is -2.15. The van der Waals surface area contributed by atoms with Crippen LogP contribution in [0.1, 0.15) is 24.8 Å². The van der Waals surface area contributed by atoms with Gasteiger partial charge in [0.25, 0.3) is 0 Å². The molecule has 2 rings (SSSR count). The van der Waals surface area contributed by atoms with Gasteiger partial charge < -0.3 is 5.32 Å². The lowest BCUT2D eigenvalue weighted by molar-refractivity contribution is 0.602. The Morgan fingerprint density at radius 3 is 2.93 bits per heavy atom. The molecule has 0 bridgehead atoms. The molecular formula is C12H16FN. The molecule has 0 unspecified atom stereocenters. The molecule has 1 aromatic carbocycles. The van der Waals surface area contributed by atoms with Crippen molar-refractivity contribution in [2.75, 3.05) is 6.54 Å². The van der Waals surface area contributed by atoms with Crippen LogP contribution in [0.15, 0.2) is 24.3 Å². The lowest BCUT2D eigenvalue weighted by Gasteiger charge is -2.03. The average molecular weight is 193 g/mol. The Bertz CT molecular complexity index is 294. The zero-order valence-corrected chi connectivity index (χ0v) is 8.30. The normalized spacial score (nSPS) is 15.8. The van der Waals surface area contributed by atoms with Gasteiger partial charge in [-0.3, -0.25) is 0 Å². The standard InChI is InChI=1S/C12H16FN/c13-12-3-1-2-11(8-12)9-14-7-6-10-4-5-10/h1-3,8,10,14H,4-7,9H2. The summed E-state index contributed by atoms with van der Waals surface area (Å²) in [5, 5.41) is 3.33. The number of benzene rings is 1. The first-order valence-electron chi connectivity index (χ1n) is 5.30. The number of hydrogen-bond donors (Lipinski definition) is 1. The maximum absolute atomic E-state index is 12.8. The molecule has 1 aromatic rings. The third kappa shape index (κ3) is 3.11. The molecule has 0 aliphatic heterocycles. The number of rotatable bonds is 5. The van der Waals surface area contributed by atoms with Crippen molar-refractivity contribution in [2.45, 2.75) is 25.8 Å². The second-order valence-electron chi connectivity index (χ2n) is 4.04. The molecule has 0 saturated heterocycles. The molecule has 1 fully saturated rings. The van der Waals surface area contributed by atoms with Crippen LogP contribution in [-0.2, 0) is 6.54 Å². The van der Waals surface area contributed by atoms with E-state index in [2.05, 4.69) is 5.32 Å². The summed E-state index contributed by atoms with van der Waals surface area (Å²) in [4.78, 5) is 0. The van der Waals surface area contributed by atoms with E-state index in [9.17, 15) is 4.39 Å². The third-order valence-corrected chi connectivity index (χ3v) is 2.64. The monoisotopic (exact) mass is 193 g/mol. The fourth-order valence-corrected chi connectivity index (χ4v) is 1.59. The van der Waals surface area contributed by atoms with E-state index in [4.69, 9.17) is 0 Å². The van der Waals surface area contributed by atoms with Crippen molar-refractivity contribution in [3.63, 3.8) is 0 Å². The van der Waals surface area contributed by atoms with Crippen molar-refractivity contribution in [1.29, 1.82) is 0 Å². The summed E-state index contributed by atoms with van der Waals surface area (Å²) in [5.74, 6) is 0.821. The molecule has 1 saturated carbocycles. The first kappa shape index (κ1) is 9.66. The van der Waals surface area contributed by atoms with Crippen LogP contribution in [0.3, 0.4) is 0 Å². The van der Waals surface area contributed by atoms with Crippen molar-refractivity contribution < 1.29 is 4.39 Å². The maximum Gasteiger partial charge on any atom is 0.123 e. The van der Waals surface area contributed by atoms with Crippen LogP contribution in [0.25, 0.3) is 0 Å². The van der Waals surface area contributed by atoms with Gasteiger partial charge in [0.15, 0.2) is 0 Å². The fourth-order valence-electron chi connectivity index (χ4n) is 1.59. The summed E-state index contributed by atoms with van der Waals surface area (Å²) in [7, 11) is 0. The van der Waals surface area contributed by atoms with Gasteiger partial charge in [-0.05, 0) is 36.6 Å². The predicted octanol–water partition coefficient (Wildman–Crippen LogP) is 2.72. The summed E-state index contributed by atoms with van der Waals surface area (Å²) in [5.41, 5.74) is 1.03. The number of halogens is 1. The van der Waals surface area contributed by atoms with Crippen LogP contribution < -0.4 is 5.32 Å². The minimum Gasteiger partial charge on any atom is -0.313 e. The molecule has 0 spiro atoms. The highest BCUT2D eigenvalue weighted by Gasteiger charge is 2.19. The first-order valence-corrected chi connectivity index (χ1v) is 5.30. The molecule has 14 heavy (non-hydrogen) atoms. The highest BCUT2D eigenvalue weighted by molar-refractivity contribution is 5.15. The molecular weight excluding hydrogens is 177 g/mol. The molecule has 76 valence electrons. The number of hydrogen-bond acceptors (Lipinski definition) is 1. The largest absolute Gasteiger partial charge is 0.313 e. The highest BCUT2D eigenvalue weighted by Crippen LogP contribution is 2.31. The molecule has 1 nitrogen and oxygen atoms in total. The van der Waals surface area contributed by atoms with Gasteiger partial charge in [-0.1, -0.05) is 25.0 Å². The van der Waals surface area contributed by atoms with Crippen LogP contribution in [0.2, 0.25) is 0 Å². The van der Waals surface area contributed by atoms with Crippen LogP contribution in [0, 0.1) is 11.7 Å². The van der Waals surface area contributed by atoms with Crippen molar-refractivity contribution >= 4 is 0 Å². The van der Waals surface area contributed by atoms with E-state index in [1.807, 2.05) is 6.07 Å². The summed E-state index contributed by atoms with van der Waals surface area (Å²) in [6.07, 6.45) is 4.08. The zero-order valence-electron chi connectivity index (χ0n) is 8.30. The van der Waals surface area contributed by atoms with E-state index in [-0.39, 0.29) is 5.82 Å². The van der Waals surface area contributed by atoms with Gasteiger partial charge in [-0.25, -0.2) is 4.39 Å². The topological polar surface area (TPSA) is 12.0 Å². The summed E-state index contributed by atoms with van der Waals surface area (Å²) < 4.78 is 12.8. The molecule has 0 radical (unpaired) electrons. The van der Waals surface area contributed by atoms with E-state index >= 15 is 0 Å². The van der Waals surface area contributed by atoms with Gasteiger partial charge in [0.2, 0.25) is 0 Å². The minimum absolute atomic E-state index is 0.147. The quantitative estimate of drug-likeness (QED) is 0.709. The smallest absolute Gasteiger partial charge is 0.123 e. The summed E-state index contributed by atoms with van der Waals surface area (Å²) in [6.45, 7) is 1.84. The first-order chi connectivity index (χ1) is 6.84. The maximum atomic E-state index is 12.8. The summed E-state index contributed by atoms with van der Waals surface area (Å²) in [6, 6.07) is 6.78. The number of nitrogens with one attached hydrogen (secondary N) is 1. The molecule has 0 aromatic heterocycles. The van der Waals surface area contributed by atoms with E-state index < -0.39 is 0 Å². The SMILES string of the molecule is Fc1cccc(CNCCC2CC2)c1. The Morgan fingerprint density at radius 2 is 2.21 bits per heavy atom. The predicted molar refractivity (Wildman–Crippen MR) is 55.4 cm³/mol. The Labute approximate surface area is 84.3 Å². The molecule has 1 N–H and O–H groups in total. The van der Waals surface area contributed by atoms with Crippen molar-refractivity contribution in [1.82, 2.24) is 5.32 Å². The Morgan fingerprint density at radius 1 is 1.36 bits per heavy atom. The van der Waals surface area contributed by atoms with Gasteiger partial charge in [-0.15, -0.1) is 0 Å². The van der Waals surface area contributed by atoms with Gasteiger partial charge in [0.05, 0.1) is 0 Å². The van der Waals surface area contributed by atoms with Gasteiger partial charge >= 0.3 is 0 Å².